The first-order valence-corrected chi connectivity index (χ1v) is 10.9. The molecule has 0 aliphatic heterocycles. The highest BCUT2D eigenvalue weighted by Gasteiger charge is 2.01. The highest BCUT2D eigenvalue weighted by molar-refractivity contribution is 14.0. The highest BCUT2D eigenvalue weighted by Crippen LogP contribution is 2.11. The summed E-state index contributed by atoms with van der Waals surface area (Å²) in [6, 6.07) is 12.1. The highest BCUT2D eigenvalue weighted by atomic mass is 127. The number of nitrogens with one attached hydrogen (secondary N) is 2. The lowest BCUT2D eigenvalue weighted by atomic mass is 10.1. The fourth-order valence-electron chi connectivity index (χ4n) is 2.60. The molecule has 0 radical (unpaired) electrons. The number of unbranched alkanes of at least 4 members (excludes halogenated alkanes) is 1. The molecule has 0 spiro atoms. The molecular weight excluding hydrogens is 485 g/mol. The molecule has 2 rings (SSSR count). The smallest absolute Gasteiger partial charge is 0.191 e. The Kier molecular flexibility index (Phi) is 13.7. The summed E-state index contributed by atoms with van der Waals surface area (Å²) < 4.78 is 10.6. The molecule has 2 aromatic rings. The van der Waals surface area contributed by atoms with Crippen molar-refractivity contribution in [3.63, 3.8) is 0 Å². The molecule has 156 valence electrons. The predicted molar refractivity (Wildman–Crippen MR) is 130 cm³/mol. The molecule has 0 bridgehead atoms. The van der Waals surface area contributed by atoms with Crippen LogP contribution in [0.15, 0.2) is 52.1 Å². The van der Waals surface area contributed by atoms with E-state index in [0.29, 0.717) is 0 Å². The molecule has 28 heavy (non-hydrogen) atoms. The number of methoxy groups -OCH3 is 1. The largest absolute Gasteiger partial charge is 0.497 e. The number of nitrogens with zero attached hydrogens (tertiary/aromatic N) is 1. The molecule has 0 fully saturated rings. The maximum Gasteiger partial charge on any atom is 0.191 e. The van der Waals surface area contributed by atoms with Crippen LogP contribution >= 0.6 is 35.7 Å². The van der Waals surface area contributed by atoms with E-state index in [1.165, 1.54) is 17.7 Å². The van der Waals surface area contributed by atoms with E-state index >= 15 is 0 Å². The fraction of sp³-hybridized carbons (Fsp3) is 0.476. The summed E-state index contributed by atoms with van der Waals surface area (Å²) in [7, 11) is 1.69. The Morgan fingerprint density at radius 3 is 2.46 bits per heavy atom. The van der Waals surface area contributed by atoms with Crippen molar-refractivity contribution >= 4 is 41.7 Å². The second-order valence-electron chi connectivity index (χ2n) is 6.21. The van der Waals surface area contributed by atoms with Crippen molar-refractivity contribution in [2.24, 2.45) is 4.99 Å². The third kappa shape index (κ3) is 10.3. The van der Waals surface area contributed by atoms with Gasteiger partial charge in [0.05, 0.1) is 13.4 Å². The SMILES string of the molecule is COc1ccc(CCNC(=NCCCCSC)NCCc2ccco2)cc1.I. The molecule has 1 aromatic carbocycles. The van der Waals surface area contributed by atoms with E-state index < -0.39 is 0 Å². The zero-order valence-electron chi connectivity index (χ0n) is 16.8. The van der Waals surface area contributed by atoms with Gasteiger partial charge < -0.3 is 19.8 Å². The molecule has 5 nitrogen and oxygen atoms in total. The van der Waals surface area contributed by atoms with E-state index in [-0.39, 0.29) is 24.0 Å². The summed E-state index contributed by atoms with van der Waals surface area (Å²) in [5.41, 5.74) is 1.28. The number of guanidine groups is 1. The number of benzene rings is 1. The first kappa shape index (κ1) is 24.7. The Morgan fingerprint density at radius 1 is 1.07 bits per heavy atom. The lowest BCUT2D eigenvalue weighted by Crippen LogP contribution is -2.39. The Labute approximate surface area is 190 Å². The van der Waals surface area contributed by atoms with E-state index in [1.54, 1.807) is 13.4 Å². The van der Waals surface area contributed by atoms with Crippen LogP contribution in [0.4, 0.5) is 0 Å². The number of halogens is 1. The van der Waals surface area contributed by atoms with Gasteiger partial charge >= 0.3 is 0 Å². The first-order chi connectivity index (χ1) is 13.3. The molecular formula is C21H32IN3O2S. The van der Waals surface area contributed by atoms with Crippen LogP contribution in [0.5, 0.6) is 5.75 Å². The number of rotatable bonds is 12. The van der Waals surface area contributed by atoms with Gasteiger partial charge in [0.2, 0.25) is 0 Å². The van der Waals surface area contributed by atoms with Gasteiger partial charge in [0.1, 0.15) is 11.5 Å². The monoisotopic (exact) mass is 517 g/mol. The van der Waals surface area contributed by atoms with Gasteiger partial charge in [-0.2, -0.15) is 11.8 Å². The second kappa shape index (κ2) is 15.6. The van der Waals surface area contributed by atoms with Crippen molar-refractivity contribution in [2.75, 3.05) is 38.8 Å². The summed E-state index contributed by atoms with van der Waals surface area (Å²) in [5, 5.41) is 6.85. The lowest BCUT2D eigenvalue weighted by molar-refractivity contribution is 0.414. The number of furan rings is 1. The van der Waals surface area contributed by atoms with Crippen molar-refractivity contribution < 1.29 is 9.15 Å². The summed E-state index contributed by atoms with van der Waals surface area (Å²) in [5.74, 6) is 3.94. The van der Waals surface area contributed by atoms with E-state index in [0.717, 1.165) is 56.4 Å². The maximum absolute atomic E-state index is 5.39. The van der Waals surface area contributed by atoms with Crippen LogP contribution in [0.1, 0.15) is 24.2 Å². The van der Waals surface area contributed by atoms with Crippen LogP contribution in [0, 0.1) is 0 Å². The molecule has 0 saturated carbocycles. The van der Waals surface area contributed by atoms with Gasteiger partial charge in [-0.25, -0.2) is 0 Å². The van der Waals surface area contributed by atoms with Crippen LogP contribution in [-0.2, 0) is 12.8 Å². The van der Waals surface area contributed by atoms with Crippen LogP contribution in [0.3, 0.4) is 0 Å². The van der Waals surface area contributed by atoms with Crippen molar-refractivity contribution in [1.82, 2.24) is 10.6 Å². The first-order valence-electron chi connectivity index (χ1n) is 9.48. The molecule has 0 saturated heterocycles. The molecule has 0 aliphatic carbocycles. The summed E-state index contributed by atoms with van der Waals surface area (Å²) >= 11 is 1.89. The average Bonchev–Trinajstić information content (AvgIpc) is 3.21. The van der Waals surface area contributed by atoms with Crippen LogP contribution in [0.2, 0.25) is 0 Å². The molecule has 0 unspecified atom stereocenters. The molecule has 0 atom stereocenters. The van der Waals surface area contributed by atoms with E-state index in [9.17, 15) is 0 Å². The van der Waals surface area contributed by atoms with Gasteiger partial charge in [0.25, 0.3) is 0 Å². The molecule has 0 aliphatic rings. The van der Waals surface area contributed by atoms with Gasteiger partial charge in [-0.05, 0) is 61.1 Å². The average molecular weight is 517 g/mol. The van der Waals surface area contributed by atoms with Gasteiger partial charge in [-0.1, -0.05) is 12.1 Å². The normalized spacial score (nSPS) is 11.0. The van der Waals surface area contributed by atoms with Gasteiger partial charge in [0.15, 0.2) is 5.96 Å². The molecule has 7 heteroatoms. The Morgan fingerprint density at radius 2 is 1.82 bits per heavy atom. The summed E-state index contributed by atoms with van der Waals surface area (Å²) in [6.45, 7) is 2.48. The minimum atomic E-state index is 0. The van der Waals surface area contributed by atoms with E-state index in [2.05, 4.69) is 29.0 Å². The zero-order chi connectivity index (χ0) is 19.2. The summed E-state index contributed by atoms with van der Waals surface area (Å²) in [6.07, 6.45) is 7.96. The number of hydrogen-bond acceptors (Lipinski definition) is 4. The number of ether oxygens (including phenoxy) is 1. The van der Waals surface area contributed by atoms with Gasteiger partial charge in [0, 0.05) is 26.1 Å². The van der Waals surface area contributed by atoms with Crippen molar-refractivity contribution in [3.8, 4) is 5.75 Å². The second-order valence-corrected chi connectivity index (χ2v) is 7.20. The number of aliphatic imine (C=N–C) groups is 1. The van der Waals surface area contributed by atoms with Crippen molar-refractivity contribution in [2.45, 2.75) is 25.7 Å². The van der Waals surface area contributed by atoms with Gasteiger partial charge in [-0.15, -0.1) is 24.0 Å². The van der Waals surface area contributed by atoms with Crippen LogP contribution in [0.25, 0.3) is 0 Å². The molecule has 2 N–H and O–H groups in total. The number of thioether (sulfide) groups is 1. The summed E-state index contributed by atoms with van der Waals surface area (Å²) in [4.78, 5) is 4.71. The predicted octanol–water partition coefficient (Wildman–Crippen LogP) is 4.37. The minimum Gasteiger partial charge on any atom is -0.497 e. The fourth-order valence-corrected chi connectivity index (χ4v) is 3.09. The topological polar surface area (TPSA) is 58.8 Å². The van der Waals surface area contributed by atoms with E-state index in [4.69, 9.17) is 14.1 Å². The number of hydrogen-bond donors (Lipinski definition) is 2. The third-order valence-electron chi connectivity index (χ3n) is 4.14. The van der Waals surface area contributed by atoms with Gasteiger partial charge in [-0.3, -0.25) is 4.99 Å². The third-order valence-corrected chi connectivity index (χ3v) is 4.83. The zero-order valence-corrected chi connectivity index (χ0v) is 19.9. The van der Waals surface area contributed by atoms with Crippen LogP contribution < -0.4 is 15.4 Å². The Bertz CT molecular complexity index is 648. The maximum atomic E-state index is 5.39. The van der Waals surface area contributed by atoms with Crippen LogP contribution in [-0.4, -0.2) is 44.7 Å². The quantitative estimate of drug-likeness (QED) is 0.190. The lowest BCUT2D eigenvalue weighted by Gasteiger charge is -2.12. The Hall–Kier alpha value is -1.35. The van der Waals surface area contributed by atoms with Crippen molar-refractivity contribution in [3.05, 3.63) is 54.0 Å². The molecule has 0 amide bonds. The molecule has 1 heterocycles. The standard InChI is InChI=1S/C21H31N3O2S.HI/c1-25-19-9-7-18(8-10-19)11-14-23-21(22-13-3-4-17-27-2)24-15-12-20-6-5-16-26-20;/h5-10,16H,3-4,11-15,17H2,1-2H3,(H2,22,23,24);1H. The van der Waals surface area contributed by atoms with E-state index in [1.807, 2.05) is 36.0 Å². The Balaban J connectivity index is 0.00000392. The van der Waals surface area contributed by atoms with Crippen molar-refractivity contribution in [1.29, 1.82) is 0 Å². The minimum absolute atomic E-state index is 0. The molecule has 1 aromatic heterocycles.